The molecular weight excluding hydrogens is 412 g/mol. The summed E-state index contributed by atoms with van der Waals surface area (Å²) in [6.45, 7) is 3.60. The van der Waals surface area contributed by atoms with Gasteiger partial charge in [0.05, 0.1) is 30.1 Å². The monoisotopic (exact) mass is 446 g/mol. The van der Waals surface area contributed by atoms with Gasteiger partial charge in [0.15, 0.2) is 0 Å². The number of dihydropyridines is 1. The number of allylic oxidation sites excluding steroid dienone is 1. The second kappa shape index (κ2) is 8.54. The van der Waals surface area contributed by atoms with Crippen LogP contribution in [0.3, 0.4) is 0 Å². The van der Waals surface area contributed by atoms with Gasteiger partial charge in [0.25, 0.3) is 0 Å². The molecule has 2 fully saturated rings. The van der Waals surface area contributed by atoms with Crippen LogP contribution in [-0.2, 0) is 14.8 Å². The van der Waals surface area contributed by atoms with Gasteiger partial charge in [-0.1, -0.05) is 0 Å². The molecule has 2 unspecified atom stereocenters. The summed E-state index contributed by atoms with van der Waals surface area (Å²) in [6, 6.07) is 0.480. The van der Waals surface area contributed by atoms with E-state index in [9.17, 15) is 8.42 Å². The van der Waals surface area contributed by atoms with E-state index in [-0.39, 0.29) is 11.5 Å². The molecular formula is C23H34N4O3S. The van der Waals surface area contributed by atoms with E-state index in [0.717, 1.165) is 51.6 Å². The Kier molecular flexibility index (Phi) is 5.92. The molecule has 2 atom stereocenters. The van der Waals surface area contributed by atoms with Crippen LogP contribution in [0.1, 0.15) is 38.5 Å². The first-order chi connectivity index (χ1) is 15.0. The van der Waals surface area contributed by atoms with Gasteiger partial charge in [0, 0.05) is 51.6 Å². The average Bonchev–Trinajstić information content (AvgIpc) is 3.39. The van der Waals surface area contributed by atoms with E-state index in [2.05, 4.69) is 28.3 Å². The molecule has 0 aromatic rings. The van der Waals surface area contributed by atoms with Crippen molar-refractivity contribution in [3.8, 4) is 0 Å². The fourth-order valence-electron chi connectivity index (χ4n) is 6.32. The lowest BCUT2D eigenvalue weighted by Crippen LogP contribution is -2.56. The predicted octanol–water partition coefficient (Wildman–Crippen LogP) is 2.27. The molecule has 0 N–H and O–H groups in total. The van der Waals surface area contributed by atoms with Gasteiger partial charge in [-0.3, -0.25) is 14.9 Å². The summed E-state index contributed by atoms with van der Waals surface area (Å²) in [6.07, 6.45) is 14.3. The number of hydrogen-bond donors (Lipinski definition) is 0. The fourth-order valence-corrected chi connectivity index (χ4v) is 8.28. The van der Waals surface area contributed by atoms with Crippen LogP contribution >= 0.6 is 0 Å². The normalized spacial score (nSPS) is 36.2. The number of rotatable bonds is 6. The van der Waals surface area contributed by atoms with Gasteiger partial charge in [0.2, 0.25) is 10.0 Å². The Labute approximate surface area is 186 Å². The maximum atomic E-state index is 13.0. The van der Waals surface area contributed by atoms with Gasteiger partial charge >= 0.3 is 0 Å². The summed E-state index contributed by atoms with van der Waals surface area (Å²) in [5.41, 5.74) is 2.44. The summed E-state index contributed by atoms with van der Waals surface area (Å²) < 4.78 is 32.9. The number of methoxy groups -OCH3 is 1. The van der Waals surface area contributed by atoms with Crippen LogP contribution in [-0.4, -0.2) is 87.3 Å². The van der Waals surface area contributed by atoms with Crippen molar-refractivity contribution < 1.29 is 13.2 Å². The number of nitrogens with zero attached hydrogens (tertiary/aromatic N) is 4. The Balaban J connectivity index is 1.20. The minimum absolute atomic E-state index is 0.105. The molecule has 5 rings (SSSR count). The van der Waals surface area contributed by atoms with Crippen molar-refractivity contribution in [1.29, 1.82) is 0 Å². The average molecular weight is 447 g/mol. The standard InChI is InChI=1S/C23H34N4O3S/c1-30-16-19-7-12-26(15-19)31(28,29)17-18-2-4-21(5-3-18)27-13-8-22-23(27)9-11-24-14-20(23)6-10-25-22/h6,8,10-11,18-19,21H,2-5,7,9,12-17H2,1H3. The molecule has 4 heterocycles. The van der Waals surface area contributed by atoms with Crippen LogP contribution in [0.15, 0.2) is 33.4 Å². The van der Waals surface area contributed by atoms with Crippen LogP contribution in [0.2, 0.25) is 0 Å². The number of hydrogen-bond acceptors (Lipinski definition) is 6. The summed E-state index contributed by atoms with van der Waals surface area (Å²) in [7, 11) is -1.49. The quantitative estimate of drug-likeness (QED) is 0.627. The Morgan fingerprint density at radius 1 is 1.19 bits per heavy atom. The topological polar surface area (TPSA) is 74.6 Å². The predicted molar refractivity (Wildman–Crippen MR) is 123 cm³/mol. The molecule has 1 spiro atoms. The Hall–Kier alpha value is -1.35. The van der Waals surface area contributed by atoms with Gasteiger partial charge in [-0.05, 0) is 61.7 Å². The SMILES string of the molecule is COCC1CCN(S(=O)(=O)CC2CCC(N3CC=C4N=CC=C5CN=CCC543)CC2)C1. The van der Waals surface area contributed by atoms with Crippen molar-refractivity contribution in [2.75, 3.05) is 45.6 Å². The molecule has 1 aliphatic carbocycles. The zero-order chi connectivity index (χ0) is 21.5. The first-order valence-corrected chi connectivity index (χ1v) is 13.3. The van der Waals surface area contributed by atoms with Crippen LogP contribution in [0.5, 0.6) is 0 Å². The molecule has 0 bridgehead atoms. The molecule has 31 heavy (non-hydrogen) atoms. The minimum atomic E-state index is -3.18. The third-order valence-corrected chi connectivity index (χ3v) is 9.95. The Morgan fingerprint density at radius 3 is 2.84 bits per heavy atom. The van der Waals surface area contributed by atoms with Crippen molar-refractivity contribution in [2.24, 2.45) is 21.8 Å². The van der Waals surface area contributed by atoms with Crippen molar-refractivity contribution in [2.45, 2.75) is 50.1 Å². The van der Waals surface area contributed by atoms with Crippen LogP contribution in [0.25, 0.3) is 0 Å². The molecule has 1 saturated heterocycles. The molecule has 7 nitrogen and oxygen atoms in total. The van der Waals surface area contributed by atoms with E-state index in [1.807, 2.05) is 6.21 Å². The van der Waals surface area contributed by atoms with Crippen molar-refractivity contribution >= 4 is 22.5 Å². The van der Waals surface area contributed by atoms with Crippen molar-refractivity contribution in [3.05, 3.63) is 23.4 Å². The molecule has 5 aliphatic rings. The largest absolute Gasteiger partial charge is 0.384 e. The first kappa shape index (κ1) is 21.5. The molecule has 4 aliphatic heterocycles. The molecule has 8 heteroatoms. The Morgan fingerprint density at radius 2 is 2.03 bits per heavy atom. The van der Waals surface area contributed by atoms with Crippen LogP contribution < -0.4 is 0 Å². The lowest BCUT2D eigenvalue weighted by atomic mass is 9.77. The van der Waals surface area contributed by atoms with Crippen molar-refractivity contribution in [3.63, 3.8) is 0 Å². The van der Waals surface area contributed by atoms with Gasteiger partial charge < -0.3 is 4.74 Å². The van der Waals surface area contributed by atoms with Gasteiger partial charge in [-0.15, -0.1) is 0 Å². The molecule has 0 aromatic carbocycles. The summed E-state index contributed by atoms with van der Waals surface area (Å²) in [4.78, 5) is 11.9. The van der Waals surface area contributed by atoms with Crippen molar-refractivity contribution in [1.82, 2.24) is 9.21 Å². The van der Waals surface area contributed by atoms with E-state index in [1.54, 1.807) is 11.4 Å². The number of sulfonamides is 1. The summed E-state index contributed by atoms with van der Waals surface area (Å²) >= 11 is 0. The molecule has 0 amide bonds. The van der Waals surface area contributed by atoms with E-state index in [1.165, 1.54) is 11.3 Å². The second-order valence-electron chi connectivity index (χ2n) is 9.72. The zero-order valence-electron chi connectivity index (χ0n) is 18.4. The Bertz CT molecular complexity index is 917. The summed E-state index contributed by atoms with van der Waals surface area (Å²) in [5, 5.41) is 0. The molecule has 170 valence electrons. The fraction of sp³-hybridized carbons (Fsp3) is 0.739. The van der Waals surface area contributed by atoms with Gasteiger partial charge in [-0.2, -0.15) is 0 Å². The van der Waals surface area contributed by atoms with E-state index < -0.39 is 10.0 Å². The number of aliphatic imine (C=N–C) groups is 2. The van der Waals surface area contributed by atoms with Gasteiger partial charge in [0.1, 0.15) is 0 Å². The van der Waals surface area contributed by atoms with E-state index in [0.29, 0.717) is 37.4 Å². The smallest absolute Gasteiger partial charge is 0.214 e. The van der Waals surface area contributed by atoms with E-state index >= 15 is 0 Å². The zero-order valence-corrected chi connectivity index (χ0v) is 19.3. The highest BCUT2D eigenvalue weighted by Crippen LogP contribution is 2.46. The maximum Gasteiger partial charge on any atom is 0.214 e. The van der Waals surface area contributed by atoms with E-state index in [4.69, 9.17) is 9.73 Å². The summed E-state index contributed by atoms with van der Waals surface area (Å²) in [5.74, 6) is 0.907. The molecule has 0 radical (unpaired) electrons. The highest BCUT2D eigenvalue weighted by molar-refractivity contribution is 7.89. The van der Waals surface area contributed by atoms with Crippen LogP contribution in [0.4, 0.5) is 0 Å². The third kappa shape index (κ3) is 3.86. The highest BCUT2D eigenvalue weighted by atomic mass is 32.2. The van der Waals surface area contributed by atoms with Crippen LogP contribution in [0, 0.1) is 11.8 Å². The molecule has 0 aromatic heterocycles. The maximum absolute atomic E-state index is 13.0. The van der Waals surface area contributed by atoms with Gasteiger partial charge in [-0.25, -0.2) is 12.7 Å². The highest BCUT2D eigenvalue weighted by Gasteiger charge is 2.51. The second-order valence-corrected chi connectivity index (χ2v) is 11.7. The number of ether oxygens (including phenoxy) is 1. The lowest BCUT2D eigenvalue weighted by molar-refractivity contribution is 0.0899. The third-order valence-electron chi connectivity index (χ3n) is 7.94. The molecule has 1 saturated carbocycles. The lowest BCUT2D eigenvalue weighted by Gasteiger charge is -2.48. The first-order valence-electron chi connectivity index (χ1n) is 11.7. The minimum Gasteiger partial charge on any atom is -0.384 e.